The van der Waals surface area contributed by atoms with Crippen LogP contribution in [0.3, 0.4) is 0 Å². The summed E-state index contributed by atoms with van der Waals surface area (Å²) in [6, 6.07) is 2.20. The normalized spacial score (nSPS) is 40.3. The number of carbonyl (C=O) groups is 3. The fourth-order valence-electron chi connectivity index (χ4n) is 11.2. The lowest BCUT2D eigenvalue weighted by Gasteiger charge is -2.68. The number of esters is 1. The summed E-state index contributed by atoms with van der Waals surface area (Å²) in [5.41, 5.74) is -1.04. The average Bonchev–Trinajstić information content (AvgIpc) is 2.95. The van der Waals surface area contributed by atoms with Gasteiger partial charge < -0.3 is 4.74 Å². The van der Waals surface area contributed by atoms with Crippen molar-refractivity contribution in [1.29, 1.82) is 5.26 Å². The summed E-state index contributed by atoms with van der Waals surface area (Å²) in [4.78, 5) is 42.1. The van der Waals surface area contributed by atoms with Gasteiger partial charge in [0.1, 0.15) is 6.07 Å². The molecular weight excluding hydrogens is 546 g/mol. The largest absolute Gasteiger partial charge is 0.465 e. The van der Waals surface area contributed by atoms with Crippen LogP contribution < -0.4 is 0 Å². The molecule has 5 rings (SSSR count). The summed E-state index contributed by atoms with van der Waals surface area (Å²) in [6.45, 7) is 18.1. The Bertz CT molecular complexity index is 1310. The van der Waals surface area contributed by atoms with Crippen LogP contribution in [0.2, 0.25) is 0 Å². The molecule has 0 aromatic heterocycles. The van der Waals surface area contributed by atoms with Gasteiger partial charge in [-0.05, 0) is 85.5 Å². The van der Waals surface area contributed by atoms with Gasteiger partial charge in [-0.25, -0.2) is 0 Å². The molecule has 0 aromatic carbocycles. The zero-order valence-electron chi connectivity index (χ0n) is 28.9. The van der Waals surface area contributed by atoms with Crippen LogP contribution in [0.5, 0.6) is 0 Å². The van der Waals surface area contributed by atoms with Crippen LogP contribution in [0.15, 0.2) is 23.3 Å². The number of allylic oxidation sites excluding steroid dienone is 4. The van der Waals surface area contributed by atoms with Crippen LogP contribution in [-0.2, 0) is 19.1 Å². The highest BCUT2D eigenvalue weighted by atomic mass is 16.5. The Hall–Kier alpha value is -2.22. The van der Waals surface area contributed by atoms with Crippen LogP contribution >= 0.6 is 0 Å². The molecular formula is C39H57NO4. The van der Waals surface area contributed by atoms with Crippen LogP contribution in [0.1, 0.15) is 139 Å². The smallest absolute Gasteiger partial charge is 0.312 e. The van der Waals surface area contributed by atoms with Gasteiger partial charge >= 0.3 is 5.97 Å². The van der Waals surface area contributed by atoms with Crippen LogP contribution in [0.4, 0.5) is 0 Å². The summed E-state index contributed by atoms with van der Waals surface area (Å²) in [6.07, 6.45) is 16.7. The minimum atomic E-state index is -0.674. The topological polar surface area (TPSA) is 84.2 Å². The molecule has 0 spiro atoms. The Kier molecular flexibility index (Phi) is 8.47. The van der Waals surface area contributed by atoms with Crippen molar-refractivity contribution in [3.05, 3.63) is 23.3 Å². The maximum atomic E-state index is 14.7. The van der Waals surface area contributed by atoms with Gasteiger partial charge in [-0.2, -0.15) is 5.26 Å². The van der Waals surface area contributed by atoms with E-state index in [0.717, 1.165) is 63.4 Å². The zero-order chi connectivity index (χ0) is 32.3. The van der Waals surface area contributed by atoms with E-state index >= 15 is 0 Å². The predicted molar refractivity (Wildman–Crippen MR) is 173 cm³/mol. The molecule has 3 fully saturated rings. The Morgan fingerprint density at radius 2 is 1.59 bits per heavy atom. The third-order valence-electron chi connectivity index (χ3n) is 14.0. The molecule has 5 heteroatoms. The second-order valence-corrected chi connectivity index (χ2v) is 17.3. The quantitative estimate of drug-likeness (QED) is 0.204. The van der Waals surface area contributed by atoms with Gasteiger partial charge in [-0.3, -0.25) is 14.4 Å². The Labute approximate surface area is 266 Å². The number of ether oxygens (including phenoxy) is 1. The molecule has 0 heterocycles. The van der Waals surface area contributed by atoms with E-state index in [1.54, 1.807) is 0 Å². The first-order valence-corrected chi connectivity index (χ1v) is 17.7. The minimum Gasteiger partial charge on any atom is -0.465 e. The maximum absolute atomic E-state index is 14.7. The van der Waals surface area contributed by atoms with Crippen molar-refractivity contribution in [2.45, 2.75) is 139 Å². The summed E-state index contributed by atoms with van der Waals surface area (Å²) in [5.74, 6) is -0.275. The SMILES string of the molecule is CCCCCCCCOC(=O)[C@]12CCC(C)(C)CC1C1C(=O)C=C3[C@@]4(C)C=C(C#N)C(=O)C(C)(C)[C@@H]4CC[C@@]3(C)[C@]1(C)CC2. The fraction of sp³-hybridized carbons (Fsp3) is 0.795. The van der Waals surface area contributed by atoms with Crippen molar-refractivity contribution in [2.75, 3.05) is 6.61 Å². The molecule has 2 unspecified atom stereocenters. The van der Waals surface area contributed by atoms with Crippen LogP contribution in [-0.4, -0.2) is 24.1 Å². The molecule has 0 aliphatic heterocycles. The zero-order valence-corrected chi connectivity index (χ0v) is 28.9. The molecule has 0 saturated heterocycles. The molecule has 44 heavy (non-hydrogen) atoms. The second-order valence-electron chi connectivity index (χ2n) is 17.3. The molecule has 0 N–H and O–H groups in total. The van der Waals surface area contributed by atoms with E-state index in [2.05, 4.69) is 47.6 Å². The van der Waals surface area contributed by atoms with Crippen molar-refractivity contribution < 1.29 is 19.1 Å². The third-order valence-corrected chi connectivity index (χ3v) is 14.0. The lowest BCUT2D eigenvalue weighted by atomic mass is 9.34. The van der Waals surface area contributed by atoms with Gasteiger partial charge in [0.25, 0.3) is 0 Å². The number of carbonyl (C=O) groups excluding carboxylic acids is 3. The van der Waals surface area contributed by atoms with Gasteiger partial charge in [0.15, 0.2) is 11.6 Å². The molecule has 3 saturated carbocycles. The van der Waals surface area contributed by atoms with Crippen LogP contribution in [0, 0.1) is 61.6 Å². The molecule has 242 valence electrons. The van der Waals surface area contributed by atoms with Gasteiger partial charge in [0.05, 0.1) is 17.6 Å². The molecule has 0 bridgehead atoms. The Morgan fingerprint density at radius 1 is 0.932 bits per heavy atom. The number of hydrogen-bond acceptors (Lipinski definition) is 5. The number of unbranched alkanes of at least 4 members (excludes halogenated alkanes) is 5. The molecule has 0 amide bonds. The van der Waals surface area contributed by atoms with E-state index in [1.807, 2.05) is 26.0 Å². The number of fused-ring (bicyclic) bond motifs is 7. The molecule has 0 radical (unpaired) electrons. The van der Waals surface area contributed by atoms with Crippen molar-refractivity contribution in [3.63, 3.8) is 0 Å². The van der Waals surface area contributed by atoms with Crippen molar-refractivity contribution >= 4 is 17.5 Å². The Balaban J connectivity index is 1.51. The van der Waals surface area contributed by atoms with Gasteiger partial charge in [0.2, 0.25) is 0 Å². The lowest BCUT2D eigenvalue weighted by Crippen LogP contribution is -2.66. The minimum absolute atomic E-state index is 0.0279. The van der Waals surface area contributed by atoms with Gasteiger partial charge in [-0.1, -0.05) is 99.1 Å². The van der Waals surface area contributed by atoms with Crippen LogP contribution in [0.25, 0.3) is 0 Å². The number of nitriles is 1. The standard InChI is InChI=1S/C39H57NO4/c1-9-10-11-12-13-14-21-44-33(43)39-19-17-34(2,3)24-27(39)31-28(41)22-30-36(6)23-26(25-40)32(42)35(4,5)29(36)15-16-37(30,7)38(31,8)18-20-39/h22-23,27,29,31H,9-21,24H2,1-8H3/t27?,29-,31?,36-,37+,38+,39-/m0/s1. The molecule has 0 aromatic rings. The van der Waals surface area contributed by atoms with E-state index in [0.29, 0.717) is 6.61 Å². The number of Topliss-reactive ketones (excluding diaryl/α,β-unsaturated/α-hetero) is 1. The molecule has 5 aliphatic rings. The summed E-state index contributed by atoms with van der Waals surface area (Å²) in [7, 11) is 0. The number of nitrogens with zero attached hydrogens (tertiary/aromatic N) is 1. The first kappa shape index (κ1) is 33.2. The van der Waals surface area contributed by atoms with E-state index in [9.17, 15) is 19.6 Å². The van der Waals surface area contributed by atoms with Gasteiger partial charge in [-0.15, -0.1) is 0 Å². The summed E-state index contributed by atoms with van der Waals surface area (Å²) < 4.78 is 6.10. The first-order valence-electron chi connectivity index (χ1n) is 17.7. The highest BCUT2D eigenvalue weighted by Crippen LogP contribution is 2.74. The molecule has 7 atom stereocenters. The predicted octanol–water partition coefficient (Wildman–Crippen LogP) is 9.11. The second kappa shape index (κ2) is 11.2. The van der Waals surface area contributed by atoms with Gasteiger partial charge in [0, 0.05) is 16.7 Å². The van der Waals surface area contributed by atoms with E-state index in [1.165, 1.54) is 25.7 Å². The van der Waals surface area contributed by atoms with Crippen molar-refractivity contribution in [2.24, 2.45) is 50.2 Å². The highest BCUT2D eigenvalue weighted by molar-refractivity contribution is 6.04. The monoisotopic (exact) mass is 603 g/mol. The molecule has 5 nitrogen and oxygen atoms in total. The van der Waals surface area contributed by atoms with E-state index in [4.69, 9.17) is 4.74 Å². The highest BCUT2D eigenvalue weighted by Gasteiger charge is 2.71. The first-order chi connectivity index (χ1) is 20.5. The maximum Gasteiger partial charge on any atom is 0.312 e. The van der Waals surface area contributed by atoms with Crippen molar-refractivity contribution in [1.82, 2.24) is 0 Å². The fourth-order valence-corrected chi connectivity index (χ4v) is 11.2. The lowest BCUT2D eigenvalue weighted by molar-refractivity contribution is -0.193. The number of ketones is 2. The van der Waals surface area contributed by atoms with E-state index in [-0.39, 0.29) is 57.1 Å². The summed E-state index contributed by atoms with van der Waals surface area (Å²) in [5, 5.41) is 9.96. The number of hydrogen-bond donors (Lipinski definition) is 0. The average molecular weight is 604 g/mol. The van der Waals surface area contributed by atoms with Crippen molar-refractivity contribution in [3.8, 4) is 6.07 Å². The number of rotatable bonds is 8. The third kappa shape index (κ3) is 4.79. The molecule has 5 aliphatic carbocycles. The summed E-state index contributed by atoms with van der Waals surface area (Å²) >= 11 is 0. The van der Waals surface area contributed by atoms with E-state index < -0.39 is 16.2 Å². The Morgan fingerprint density at radius 3 is 2.27 bits per heavy atom.